The van der Waals surface area contributed by atoms with Crippen molar-refractivity contribution in [3.8, 4) is 0 Å². The molecular weight excluding hydrogens is 372 g/mol. The Morgan fingerprint density at radius 1 is 1.10 bits per heavy atom. The molecule has 0 aromatic heterocycles. The lowest BCUT2D eigenvalue weighted by Gasteiger charge is -2.29. The normalized spacial score (nSPS) is 23.9. The predicted octanol–water partition coefficient (Wildman–Crippen LogP) is 2.40. The number of anilines is 2. The fourth-order valence-corrected chi connectivity index (χ4v) is 4.67. The molecule has 2 heterocycles. The van der Waals surface area contributed by atoms with Gasteiger partial charge >= 0.3 is 6.03 Å². The van der Waals surface area contributed by atoms with Gasteiger partial charge in [0.1, 0.15) is 12.1 Å². The summed E-state index contributed by atoms with van der Waals surface area (Å²) in [7, 11) is 0. The summed E-state index contributed by atoms with van der Waals surface area (Å²) in [5.74, 6) is -0.856. The number of fused-ring (bicyclic) bond motifs is 1. The molecule has 2 fully saturated rings. The Morgan fingerprint density at radius 3 is 2.52 bits per heavy atom. The maximum Gasteiger partial charge on any atom is 0.325 e. The molecule has 1 aliphatic carbocycles. The van der Waals surface area contributed by atoms with Crippen LogP contribution in [-0.2, 0) is 14.4 Å². The highest BCUT2D eigenvalue weighted by Gasteiger charge is 2.51. The predicted molar refractivity (Wildman–Crippen MR) is 107 cm³/mol. The van der Waals surface area contributed by atoms with Crippen LogP contribution >= 0.6 is 0 Å². The number of imide groups is 1. The zero-order chi connectivity index (χ0) is 20.6. The number of benzene rings is 1. The van der Waals surface area contributed by atoms with Gasteiger partial charge in [-0.25, -0.2) is 4.79 Å². The molecule has 0 unspecified atom stereocenters. The van der Waals surface area contributed by atoms with Crippen molar-refractivity contribution in [3.05, 3.63) is 24.3 Å². The van der Waals surface area contributed by atoms with Crippen LogP contribution in [-0.4, -0.2) is 46.8 Å². The van der Waals surface area contributed by atoms with Gasteiger partial charge in [-0.05, 0) is 31.9 Å². The first-order chi connectivity index (χ1) is 13.9. The van der Waals surface area contributed by atoms with Crippen LogP contribution in [0.1, 0.15) is 51.9 Å². The largest absolute Gasteiger partial charge is 0.325 e. The lowest BCUT2D eigenvalue weighted by atomic mass is 9.90. The van der Waals surface area contributed by atoms with E-state index in [0.717, 1.165) is 30.6 Å². The first-order valence-corrected chi connectivity index (χ1v) is 10.3. The molecule has 4 rings (SSSR count). The fraction of sp³-hybridized carbons (Fsp3) is 0.524. The van der Waals surface area contributed by atoms with E-state index >= 15 is 0 Å². The molecule has 5 amide bonds. The Labute approximate surface area is 169 Å². The Bertz CT molecular complexity index is 860. The molecule has 1 aromatic rings. The summed E-state index contributed by atoms with van der Waals surface area (Å²) in [4.78, 5) is 53.6. The number of hydrogen-bond acceptors (Lipinski definition) is 4. The van der Waals surface area contributed by atoms with Crippen molar-refractivity contribution in [2.24, 2.45) is 0 Å². The number of nitrogens with zero attached hydrogens (tertiary/aromatic N) is 2. The van der Waals surface area contributed by atoms with Gasteiger partial charge in [-0.2, -0.15) is 0 Å². The highest BCUT2D eigenvalue weighted by Crippen LogP contribution is 2.34. The van der Waals surface area contributed by atoms with Gasteiger partial charge in [0, 0.05) is 12.5 Å². The summed E-state index contributed by atoms with van der Waals surface area (Å²) in [6.45, 7) is 1.46. The van der Waals surface area contributed by atoms with Crippen molar-refractivity contribution >= 4 is 35.1 Å². The van der Waals surface area contributed by atoms with Crippen molar-refractivity contribution in [1.82, 2.24) is 10.2 Å². The molecule has 1 saturated carbocycles. The molecule has 3 aliphatic rings. The van der Waals surface area contributed by atoms with E-state index in [1.54, 1.807) is 31.2 Å². The highest BCUT2D eigenvalue weighted by molar-refractivity contribution is 6.11. The summed E-state index contributed by atoms with van der Waals surface area (Å²) in [6.07, 6.45) is 5.24. The van der Waals surface area contributed by atoms with Crippen molar-refractivity contribution in [2.75, 3.05) is 16.8 Å². The van der Waals surface area contributed by atoms with Crippen molar-refractivity contribution in [1.29, 1.82) is 0 Å². The van der Waals surface area contributed by atoms with E-state index in [1.807, 2.05) is 0 Å². The third kappa shape index (κ3) is 3.47. The van der Waals surface area contributed by atoms with Crippen LogP contribution in [0, 0.1) is 0 Å². The topological polar surface area (TPSA) is 98.8 Å². The van der Waals surface area contributed by atoms with Gasteiger partial charge in [-0.1, -0.05) is 37.8 Å². The van der Waals surface area contributed by atoms with Gasteiger partial charge in [-0.3, -0.25) is 19.3 Å². The number of hydrogen-bond donors (Lipinski definition) is 2. The first kappa shape index (κ1) is 19.4. The Hall–Kier alpha value is -2.90. The first-order valence-electron chi connectivity index (χ1n) is 10.3. The van der Waals surface area contributed by atoms with Crippen molar-refractivity contribution in [3.63, 3.8) is 0 Å². The number of para-hydroxylation sites is 2. The third-order valence-electron chi connectivity index (χ3n) is 6.12. The van der Waals surface area contributed by atoms with Gasteiger partial charge in [-0.15, -0.1) is 0 Å². The van der Waals surface area contributed by atoms with Crippen LogP contribution in [0.2, 0.25) is 0 Å². The van der Waals surface area contributed by atoms with E-state index < -0.39 is 17.6 Å². The fourth-order valence-electron chi connectivity index (χ4n) is 4.67. The molecule has 2 N–H and O–H groups in total. The molecule has 0 radical (unpaired) electrons. The summed E-state index contributed by atoms with van der Waals surface area (Å²) >= 11 is 0. The second-order valence-electron chi connectivity index (χ2n) is 8.20. The highest BCUT2D eigenvalue weighted by atomic mass is 16.2. The average Bonchev–Trinajstić information content (AvgIpc) is 2.87. The summed E-state index contributed by atoms with van der Waals surface area (Å²) in [5.41, 5.74) is 0.257. The van der Waals surface area contributed by atoms with Crippen LogP contribution < -0.4 is 15.5 Å². The smallest absolute Gasteiger partial charge is 0.324 e. The van der Waals surface area contributed by atoms with Crippen molar-refractivity contribution in [2.45, 2.75) is 63.5 Å². The Balaban J connectivity index is 1.58. The lowest BCUT2D eigenvalue weighted by molar-refractivity contribution is -0.134. The molecule has 1 spiro atoms. The van der Waals surface area contributed by atoms with Gasteiger partial charge in [0.2, 0.25) is 11.8 Å². The monoisotopic (exact) mass is 398 g/mol. The van der Waals surface area contributed by atoms with Crippen LogP contribution in [0.4, 0.5) is 16.2 Å². The maximum atomic E-state index is 13.2. The second kappa shape index (κ2) is 7.50. The van der Waals surface area contributed by atoms with Gasteiger partial charge in [0.05, 0.1) is 11.4 Å². The minimum absolute atomic E-state index is 0.143. The number of urea groups is 1. The number of carbonyl (C=O) groups is 4. The quantitative estimate of drug-likeness (QED) is 0.748. The number of amides is 5. The molecule has 1 atom stereocenters. The number of carbonyl (C=O) groups excluding carboxylic acids is 4. The molecule has 29 heavy (non-hydrogen) atoms. The van der Waals surface area contributed by atoms with E-state index in [0.29, 0.717) is 24.2 Å². The van der Waals surface area contributed by atoms with Gasteiger partial charge < -0.3 is 15.5 Å². The van der Waals surface area contributed by atoms with E-state index in [-0.39, 0.29) is 30.7 Å². The van der Waals surface area contributed by atoms with E-state index in [2.05, 4.69) is 10.6 Å². The van der Waals surface area contributed by atoms with Crippen LogP contribution in [0.15, 0.2) is 24.3 Å². The Kier molecular flexibility index (Phi) is 5.02. The van der Waals surface area contributed by atoms with E-state index in [4.69, 9.17) is 0 Å². The lowest BCUT2D eigenvalue weighted by Crippen LogP contribution is -2.49. The molecule has 8 heteroatoms. The number of nitrogens with one attached hydrogen (secondary N) is 2. The Morgan fingerprint density at radius 2 is 1.79 bits per heavy atom. The second-order valence-corrected chi connectivity index (χ2v) is 8.20. The molecule has 1 aromatic carbocycles. The molecule has 2 aliphatic heterocycles. The van der Waals surface area contributed by atoms with E-state index in [9.17, 15) is 19.2 Å². The average molecular weight is 398 g/mol. The maximum absolute atomic E-state index is 13.2. The van der Waals surface area contributed by atoms with E-state index in [1.165, 1.54) is 4.90 Å². The number of rotatable bonds is 2. The molecule has 154 valence electrons. The minimum atomic E-state index is -0.867. The SMILES string of the molecule is C[C@@H]1CC(=O)Nc2ccccc2N1C(=O)CN1C(=O)NC2(CCCCCC2)C1=O. The van der Waals surface area contributed by atoms with Crippen LogP contribution in [0.25, 0.3) is 0 Å². The summed E-state index contributed by atoms with van der Waals surface area (Å²) < 4.78 is 0. The summed E-state index contributed by atoms with van der Waals surface area (Å²) in [6, 6.07) is 6.17. The summed E-state index contributed by atoms with van der Waals surface area (Å²) in [5, 5.41) is 5.68. The van der Waals surface area contributed by atoms with Gasteiger partial charge in [0.15, 0.2) is 0 Å². The zero-order valence-electron chi connectivity index (χ0n) is 16.6. The molecule has 8 nitrogen and oxygen atoms in total. The molecule has 0 bridgehead atoms. The standard InChI is InChI=1S/C21H26N4O4/c1-14-12-17(26)22-15-8-4-5-9-16(15)25(14)18(27)13-24-19(28)21(23-20(24)29)10-6-2-3-7-11-21/h4-5,8-9,14H,2-3,6-7,10-13H2,1H3,(H,22,26)(H,23,29)/t14-/m1/s1. The molecule has 1 saturated heterocycles. The van der Waals surface area contributed by atoms with Crippen molar-refractivity contribution < 1.29 is 19.2 Å². The molecular formula is C21H26N4O4. The van der Waals surface area contributed by atoms with Gasteiger partial charge in [0.25, 0.3) is 5.91 Å². The minimum Gasteiger partial charge on any atom is -0.324 e. The van der Waals surface area contributed by atoms with Crippen LogP contribution in [0.5, 0.6) is 0 Å². The van der Waals surface area contributed by atoms with Crippen LogP contribution in [0.3, 0.4) is 0 Å². The third-order valence-corrected chi connectivity index (χ3v) is 6.12. The zero-order valence-corrected chi connectivity index (χ0v) is 16.6.